The summed E-state index contributed by atoms with van der Waals surface area (Å²) in [5.41, 5.74) is 7.40. The molecule has 2 saturated carbocycles. The van der Waals surface area contributed by atoms with Gasteiger partial charge in [-0.25, -0.2) is 4.79 Å². The van der Waals surface area contributed by atoms with Crippen LogP contribution in [0.5, 0.6) is 11.5 Å². The zero-order chi connectivity index (χ0) is 50.0. The lowest BCUT2D eigenvalue weighted by atomic mass is 9.84. The molecule has 4 aromatic rings. The molecule has 4 heterocycles. The number of ether oxygens (including phenoxy) is 2. The number of aromatic nitrogens is 1. The maximum absolute atomic E-state index is 15.1. The fraction of sp³-hybridized carbons (Fsp3) is 0.472. The molecule has 71 heavy (non-hydrogen) atoms. The van der Waals surface area contributed by atoms with E-state index < -0.39 is 83.3 Å². The fourth-order valence-corrected chi connectivity index (χ4v) is 11.5. The van der Waals surface area contributed by atoms with Gasteiger partial charge in [0, 0.05) is 55.5 Å². The first-order valence-electron chi connectivity index (χ1n) is 24.9. The predicted octanol–water partition coefficient (Wildman–Crippen LogP) is 3.49. The van der Waals surface area contributed by atoms with E-state index in [0.717, 1.165) is 35.7 Å². The molecule has 1 spiro atoms. The van der Waals surface area contributed by atoms with Crippen molar-refractivity contribution in [3.8, 4) is 11.5 Å². The van der Waals surface area contributed by atoms with Crippen molar-refractivity contribution >= 4 is 58.3 Å². The van der Waals surface area contributed by atoms with Crippen LogP contribution in [0.25, 0.3) is 10.9 Å². The van der Waals surface area contributed by atoms with E-state index in [0.29, 0.717) is 44.1 Å². The average Bonchev–Trinajstić information content (AvgIpc) is 4.19. The number of nitrogens with zero attached hydrogens (tertiary/aromatic N) is 2. The summed E-state index contributed by atoms with van der Waals surface area (Å²) < 4.78 is 10.7. The second-order valence-electron chi connectivity index (χ2n) is 19.9. The highest BCUT2D eigenvalue weighted by Crippen LogP contribution is 2.41. The molecule has 18 nitrogen and oxygen atoms in total. The van der Waals surface area contributed by atoms with Gasteiger partial charge in [-0.05, 0) is 111 Å². The largest absolute Gasteiger partial charge is 0.427 e. The van der Waals surface area contributed by atoms with Crippen LogP contribution in [0.15, 0.2) is 79.0 Å². The van der Waals surface area contributed by atoms with Crippen molar-refractivity contribution in [1.29, 1.82) is 0 Å². The quantitative estimate of drug-likeness (QED) is 0.110. The number of carbonyl (C=O) groups excluding carboxylic acids is 8. The van der Waals surface area contributed by atoms with Crippen LogP contribution in [0.3, 0.4) is 0 Å². The van der Waals surface area contributed by atoms with Gasteiger partial charge in [-0.15, -0.1) is 0 Å². The number of aromatic amines is 1. The van der Waals surface area contributed by atoms with Gasteiger partial charge in [-0.2, -0.15) is 0 Å². The lowest BCUT2D eigenvalue weighted by Crippen LogP contribution is -2.66. The Balaban J connectivity index is 1.05. The number of nitrogens with one attached hydrogen (secondary N) is 5. The first-order valence-corrected chi connectivity index (χ1v) is 24.9. The Morgan fingerprint density at radius 3 is 2.15 bits per heavy atom. The van der Waals surface area contributed by atoms with Gasteiger partial charge in [0.05, 0.1) is 5.56 Å². The number of fused-ring (bicyclic) bond motifs is 5. The number of hydrogen-bond acceptors (Lipinski definition) is 11. The molecule has 3 aromatic carbocycles. The van der Waals surface area contributed by atoms with E-state index in [-0.39, 0.29) is 67.2 Å². The van der Waals surface area contributed by atoms with Crippen LogP contribution in [0.4, 0.5) is 0 Å². The van der Waals surface area contributed by atoms with Crippen molar-refractivity contribution < 1.29 is 47.8 Å². The summed E-state index contributed by atoms with van der Waals surface area (Å²) >= 11 is 0. The number of hydrogen-bond donors (Lipinski definition) is 6. The van der Waals surface area contributed by atoms with Crippen molar-refractivity contribution in [3.05, 3.63) is 95.7 Å². The van der Waals surface area contributed by atoms with Crippen LogP contribution < -0.4 is 36.5 Å². The number of H-pyrrole nitrogens is 1. The van der Waals surface area contributed by atoms with Crippen molar-refractivity contribution in [2.45, 2.75) is 145 Å². The molecule has 5 aliphatic rings. The van der Waals surface area contributed by atoms with Crippen molar-refractivity contribution in [1.82, 2.24) is 36.1 Å². The molecule has 8 atom stereocenters. The zero-order valence-electron chi connectivity index (χ0n) is 40.1. The number of nitrogens with two attached hydrogens (primary N) is 1. The van der Waals surface area contributed by atoms with E-state index in [4.69, 9.17) is 15.2 Å². The molecule has 9 rings (SSSR count). The highest BCUT2D eigenvalue weighted by atomic mass is 16.5. The molecule has 0 radical (unpaired) electrons. The van der Waals surface area contributed by atoms with Gasteiger partial charge >= 0.3 is 11.9 Å². The van der Waals surface area contributed by atoms with Gasteiger partial charge in [0.15, 0.2) is 0 Å². The van der Waals surface area contributed by atoms with Gasteiger partial charge in [0.1, 0.15) is 47.2 Å². The maximum Gasteiger partial charge on any atom is 0.343 e. The Morgan fingerprint density at radius 1 is 0.732 bits per heavy atom. The van der Waals surface area contributed by atoms with Gasteiger partial charge in [-0.1, -0.05) is 56.0 Å². The van der Waals surface area contributed by atoms with Crippen LogP contribution in [0.1, 0.15) is 106 Å². The minimum atomic E-state index is -1.47. The highest BCUT2D eigenvalue weighted by Gasteiger charge is 2.52. The summed E-state index contributed by atoms with van der Waals surface area (Å²) in [6.45, 7) is 3.13. The van der Waals surface area contributed by atoms with Crippen LogP contribution in [-0.2, 0) is 46.4 Å². The van der Waals surface area contributed by atoms with E-state index in [1.165, 1.54) is 36.1 Å². The van der Waals surface area contributed by atoms with E-state index in [9.17, 15) is 33.6 Å². The molecule has 2 aliphatic carbocycles. The Kier molecular flexibility index (Phi) is 14.3. The van der Waals surface area contributed by atoms with E-state index >= 15 is 4.79 Å². The molecule has 3 aliphatic heterocycles. The van der Waals surface area contributed by atoms with Crippen LogP contribution in [-0.4, -0.2) is 117 Å². The molecule has 1 aromatic heterocycles. The molecule has 3 saturated heterocycles. The summed E-state index contributed by atoms with van der Waals surface area (Å²) in [6.07, 6.45) is 8.06. The lowest BCUT2D eigenvalue weighted by Gasteiger charge is -2.38. The van der Waals surface area contributed by atoms with Gasteiger partial charge in [-0.3, -0.25) is 33.6 Å². The third kappa shape index (κ3) is 10.4. The predicted molar refractivity (Wildman–Crippen MR) is 259 cm³/mol. The number of benzene rings is 3. The van der Waals surface area contributed by atoms with Crippen LogP contribution in [0.2, 0.25) is 0 Å². The van der Waals surface area contributed by atoms with Gasteiger partial charge in [0.2, 0.25) is 35.4 Å². The lowest BCUT2D eigenvalue weighted by molar-refractivity contribution is -0.150. The molecule has 5 fully saturated rings. The smallest absolute Gasteiger partial charge is 0.343 e. The third-order valence-electron chi connectivity index (χ3n) is 15.1. The summed E-state index contributed by atoms with van der Waals surface area (Å²) in [5, 5.41) is 12.8. The molecule has 0 bridgehead atoms. The number of para-hydroxylation sites is 1. The maximum atomic E-state index is 15.1. The second kappa shape index (κ2) is 20.7. The van der Waals surface area contributed by atoms with Crippen molar-refractivity contribution in [2.24, 2.45) is 11.7 Å². The first-order chi connectivity index (χ1) is 34.2. The number of carbonyl (C=O) groups is 8. The Bertz CT molecular complexity index is 2700. The summed E-state index contributed by atoms with van der Waals surface area (Å²) in [6, 6.07) is 13.3. The number of esters is 2. The number of rotatable bonds is 8. The molecular weight excluding hydrogens is 909 g/mol. The molecule has 6 amide bonds. The summed E-state index contributed by atoms with van der Waals surface area (Å²) in [4.78, 5) is 120. The Hall–Kier alpha value is -7.08. The summed E-state index contributed by atoms with van der Waals surface area (Å²) in [5.74, 6) is -3.86. The van der Waals surface area contributed by atoms with Crippen LogP contribution >= 0.6 is 0 Å². The second-order valence-corrected chi connectivity index (χ2v) is 19.9. The third-order valence-corrected chi connectivity index (χ3v) is 15.1. The minimum absolute atomic E-state index is 0.0293. The Morgan fingerprint density at radius 2 is 1.42 bits per heavy atom. The van der Waals surface area contributed by atoms with Crippen molar-refractivity contribution in [3.63, 3.8) is 0 Å². The zero-order valence-corrected chi connectivity index (χ0v) is 40.1. The summed E-state index contributed by atoms with van der Waals surface area (Å²) in [7, 11) is 0. The minimum Gasteiger partial charge on any atom is -0.427 e. The monoisotopic (exact) mass is 970 g/mol. The van der Waals surface area contributed by atoms with E-state index in [1.54, 1.807) is 42.3 Å². The SMILES string of the molecule is CC(=O)Oc1ccc(C(=O)Oc2ccc(C[C@@H]3NC(=O)[C@@H]4C[C@@H]5CCCC[C@@H]5N4C(=O)[C@H]4CCCN4C(=O)[C@H](C(C)N)NC(=O)[C@H](Cc4c[nH]c5ccccc45)NC(=O)C4(CCCC4)NC3=O)cc2)cc1. The van der Waals surface area contributed by atoms with E-state index in [1.807, 2.05) is 24.3 Å². The topological polar surface area (TPSA) is 251 Å². The molecule has 1 unspecified atom stereocenters. The standard InChI is InChI=1S/C53H62N8O10/c1-30(54)45-50(67)60-25-9-14-43(60)49(66)61-42-13-6-3-10-34(42)28-44(61)48(65)56-40(26-32-15-19-37(20-16-32)71-51(68)33-17-21-36(22-18-33)70-31(2)62)47(64)59-53(23-7-8-24-53)52(69)57-41(46(63)58-45)27-35-29-55-39-12-5-4-11-38(35)39/h4-5,11-12,15-22,29-30,34,40-45,55H,3,6-10,13-14,23-28,54H2,1-2H3,(H,56,65)(H,57,69)(H,58,63)(H,59,64)/t30?,34-,40-,41-,42-,43+,44-,45-/m0/s1. The fourth-order valence-electron chi connectivity index (χ4n) is 11.5. The normalized spacial score (nSPS) is 26.5. The average molecular weight is 971 g/mol. The van der Waals surface area contributed by atoms with Crippen LogP contribution in [0, 0.1) is 5.92 Å². The van der Waals surface area contributed by atoms with Gasteiger partial charge in [0.25, 0.3) is 0 Å². The molecule has 7 N–H and O–H groups in total. The molecular formula is C53H62N8O10. The number of amides is 6. The molecule has 18 heteroatoms. The molecule has 374 valence electrons. The highest BCUT2D eigenvalue weighted by molar-refractivity contribution is 6.00. The van der Waals surface area contributed by atoms with Crippen molar-refractivity contribution in [2.75, 3.05) is 6.54 Å². The Labute approximate surface area is 411 Å². The van der Waals surface area contributed by atoms with E-state index in [2.05, 4.69) is 26.3 Å². The first kappa shape index (κ1) is 48.9. The van der Waals surface area contributed by atoms with Gasteiger partial charge < -0.3 is 51.3 Å².